The molecule has 5 heteroatoms. The summed E-state index contributed by atoms with van der Waals surface area (Å²) in [6, 6.07) is 7.97. The van der Waals surface area contributed by atoms with Crippen LogP contribution in [0.15, 0.2) is 40.9 Å². The van der Waals surface area contributed by atoms with Crippen molar-refractivity contribution in [2.75, 3.05) is 5.73 Å². The van der Waals surface area contributed by atoms with E-state index in [0.29, 0.717) is 10.0 Å². The summed E-state index contributed by atoms with van der Waals surface area (Å²) in [4.78, 5) is 12.0. The van der Waals surface area contributed by atoms with Gasteiger partial charge in [-0.05, 0) is 42.0 Å². The lowest BCUT2D eigenvalue weighted by Gasteiger charge is -2.05. The number of benzene rings is 2. The normalized spacial score (nSPS) is 10.5. The summed E-state index contributed by atoms with van der Waals surface area (Å²) in [5, 5.41) is 0. The number of halogens is 3. The molecule has 0 aromatic heterocycles. The van der Waals surface area contributed by atoms with Crippen LogP contribution in [0, 0.1) is 11.6 Å². The topological polar surface area (TPSA) is 43.1 Å². The Labute approximate surface area is 117 Å². The second-order valence-electron chi connectivity index (χ2n) is 4.07. The van der Waals surface area contributed by atoms with Gasteiger partial charge in [0, 0.05) is 16.5 Å². The van der Waals surface area contributed by atoms with E-state index < -0.39 is 11.6 Å². The fraction of sp³-hybridized carbons (Fsp3) is 0.0714. The first-order chi connectivity index (χ1) is 8.97. The first-order valence-corrected chi connectivity index (χ1v) is 6.29. The average Bonchev–Trinajstić information content (AvgIpc) is 2.37. The summed E-state index contributed by atoms with van der Waals surface area (Å²) in [7, 11) is 0. The number of carbonyl (C=O) groups excluding carboxylic acids is 1. The van der Waals surface area contributed by atoms with Crippen molar-refractivity contribution in [3.63, 3.8) is 0 Å². The third-order valence-electron chi connectivity index (χ3n) is 2.68. The van der Waals surface area contributed by atoms with Crippen molar-refractivity contribution in [2.24, 2.45) is 0 Å². The monoisotopic (exact) mass is 325 g/mol. The van der Waals surface area contributed by atoms with Crippen molar-refractivity contribution in [3.8, 4) is 0 Å². The van der Waals surface area contributed by atoms with Gasteiger partial charge in [-0.1, -0.05) is 15.9 Å². The Kier molecular flexibility index (Phi) is 3.95. The van der Waals surface area contributed by atoms with Gasteiger partial charge < -0.3 is 5.73 Å². The first-order valence-electron chi connectivity index (χ1n) is 5.49. The van der Waals surface area contributed by atoms with Gasteiger partial charge in [-0.25, -0.2) is 8.78 Å². The molecule has 2 aromatic carbocycles. The molecule has 0 saturated carbocycles. The molecule has 0 fully saturated rings. The highest BCUT2D eigenvalue weighted by Gasteiger charge is 2.12. The van der Waals surface area contributed by atoms with E-state index in [2.05, 4.69) is 15.9 Å². The maximum Gasteiger partial charge on any atom is 0.167 e. The van der Waals surface area contributed by atoms with Crippen LogP contribution < -0.4 is 5.73 Å². The van der Waals surface area contributed by atoms with Crippen molar-refractivity contribution in [1.82, 2.24) is 0 Å². The third-order valence-corrected chi connectivity index (χ3v) is 3.45. The van der Waals surface area contributed by atoms with Crippen molar-refractivity contribution in [2.45, 2.75) is 6.42 Å². The standard InChI is InChI=1S/C14H10BrF2NO/c15-11-3-2-10(16)5-9(11)7-14(19)8-1-4-13(18)12(17)6-8/h1-6H,7,18H2. The van der Waals surface area contributed by atoms with Crippen LogP contribution in [-0.2, 0) is 6.42 Å². The minimum absolute atomic E-state index is 0.0107. The summed E-state index contributed by atoms with van der Waals surface area (Å²) in [6.45, 7) is 0. The fourth-order valence-electron chi connectivity index (χ4n) is 1.65. The highest BCUT2D eigenvalue weighted by atomic mass is 79.9. The van der Waals surface area contributed by atoms with Crippen LogP contribution in [0.25, 0.3) is 0 Å². The summed E-state index contributed by atoms with van der Waals surface area (Å²) < 4.78 is 27.0. The van der Waals surface area contributed by atoms with Gasteiger partial charge in [0.05, 0.1) is 5.69 Å². The van der Waals surface area contributed by atoms with Crippen LogP contribution in [0.5, 0.6) is 0 Å². The van der Waals surface area contributed by atoms with E-state index in [1.165, 1.54) is 30.3 Å². The summed E-state index contributed by atoms with van der Waals surface area (Å²) in [5.41, 5.74) is 6.06. The molecule has 98 valence electrons. The van der Waals surface area contributed by atoms with Crippen LogP contribution in [0.1, 0.15) is 15.9 Å². The van der Waals surface area contributed by atoms with Gasteiger partial charge >= 0.3 is 0 Å². The average molecular weight is 326 g/mol. The number of hydrogen-bond acceptors (Lipinski definition) is 2. The molecule has 0 heterocycles. The van der Waals surface area contributed by atoms with Crippen LogP contribution >= 0.6 is 15.9 Å². The molecule has 0 radical (unpaired) electrons. The lowest BCUT2D eigenvalue weighted by atomic mass is 10.0. The van der Waals surface area contributed by atoms with Gasteiger partial charge in [-0.15, -0.1) is 0 Å². The summed E-state index contributed by atoms with van der Waals surface area (Å²) >= 11 is 3.24. The third kappa shape index (κ3) is 3.17. The van der Waals surface area contributed by atoms with Gasteiger partial charge in [-0.3, -0.25) is 4.79 Å². The molecule has 0 aliphatic rings. The number of anilines is 1. The quantitative estimate of drug-likeness (QED) is 0.690. The molecule has 2 rings (SSSR count). The van der Waals surface area contributed by atoms with Crippen molar-refractivity contribution >= 4 is 27.4 Å². The highest BCUT2D eigenvalue weighted by molar-refractivity contribution is 9.10. The number of nitrogen functional groups attached to an aromatic ring is 1. The number of carbonyl (C=O) groups is 1. The maximum absolute atomic E-state index is 13.3. The number of ketones is 1. The highest BCUT2D eigenvalue weighted by Crippen LogP contribution is 2.20. The molecule has 2 aromatic rings. The van der Waals surface area contributed by atoms with E-state index >= 15 is 0 Å². The van der Waals surface area contributed by atoms with Crippen molar-refractivity contribution in [1.29, 1.82) is 0 Å². The molecule has 0 saturated heterocycles. The Morgan fingerprint density at radius 3 is 2.58 bits per heavy atom. The Morgan fingerprint density at radius 1 is 1.16 bits per heavy atom. The van der Waals surface area contributed by atoms with Gasteiger partial charge in [0.25, 0.3) is 0 Å². The molecule has 0 atom stereocenters. The van der Waals surface area contributed by atoms with Crippen LogP contribution in [-0.4, -0.2) is 5.78 Å². The van der Waals surface area contributed by atoms with E-state index in [-0.39, 0.29) is 23.5 Å². The minimum atomic E-state index is -0.635. The number of rotatable bonds is 3. The molecule has 0 aliphatic heterocycles. The Hall–Kier alpha value is -1.75. The zero-order valence-corrected chi connectivity index (χ0v) is 11.4. The van der Waals surface area contributed by atoms with Gasteiger partial charge in [-0.2, -0.15) is 0 Å². The molecule has 0 bridgehead atoms. The molecule has 2 nitrogen and oxygen atoms in total. The number of nitrogens with two attached hydrogens (primary N) is 1. The number of Topliss-reactive ketones (excluding diaryl/α,β-unsaturated/α-hetero) is 1. The molecule has 0 unspecified atom stereocenters. The molecule has 2 N–H and O–H groups in total. The van der Waals surface area contributed by atoms with Gasteiger partial charge in [0.15, 0.2) is 5.78 Å². The Balaban J connectivity index is 2.25. The van der Waals surface area contributed by atoms with Crippen LogP contribution in [0.4, 0.5) is 14.5 Å². The first kappa shape index (κ1) is 13.7. The smallest absolute Gasteiger partial charge is 0.167 e. The van der Waals surface area contributed by atoms with E-state index in [1.807, 2.05) is 0 Å². The van der Waals surface area contributed by atoms with E-state index in [9.17, 15) is 13.6 Å². The van der Waals surface area contributed by atoms with Gasteiger partial charge in [0.2, 0.25) is 0 Å². The van der Waals surface area contributed by atoms with Crippen LogP contribution in [0.3, 0.4) is 0 Å². The lowest BCUT2D eigenvalue weighted by molar-refractivity contribution is 0.0992. The molecular weight excluding hydrogens is 316 g/mol. The molecule has 0 amide bonds. The number of hydrogen-bond donors (Lipinski definition) is 1. The lowest BCUT2D eigenvalue weighted by Crippen LogP contribution is -2.05. The maximum atomic E-state index is 13.3. The Morgan fingerprint density at radius 2 is 1.89 bits per heavy atom. The van der Waals surface area contributed by atoms with Crippen molar-refractivity contribution < 1.29 is 13.6 Å². The van der Waals surface area contributed by atoms with Crippen LogP contribution in [0.2, 0.25) is 0 Å². The van der Waals surface area contributed by atoms with Gasteiger partial charge in [0.1, 0.15) is 11.6 Å². The second-order valence-corrected chi connectivity index (χ2v) is 4.93. The molecule has 0 aliphatic carbocycles. The summed E-state index contributed by atoms with van der Waals surface area (Å²) in [6.07, 6.45) is -0.0122. The molecule has 19 heavy (non-hydrogen) atoms. The van der Waals surface area contributed by atoms with E-state index in [1.54, 1.807) is 0 Å². The van der Waals surface area contributed by atoms with Crippen molar-refractivity contribution in [3.05, 3.63) is 63.6 Å². The molecule has 0 spiro atoms. The predicted molar refractivity (Wildman–Crippen MR) is 72.9 cm³/mol. The molecular formula is C14H10BrF2NO. The largest absolute Gasteiger partial charge is 0.396 e. The summed E-state index contributed by atoms with van der Waals surface area (Å²) in [5.74, 6) is -1.36. The zero-order valence-electron chi connectivity index (χ0n) is 9.79. The zero-order chi connectivity index (χ0) is 14.0. The minimum Gasteiger partial charge on any atom is -0.396 e. The second kappa shape index (κ2) is 5.48. The predicted octanol–water partition coefficient (Wildman–Crippen LogP) is 3.73. The SMILES string of the molecule is Nc1ccc(C(=O)Cc2cc(F)ccc2Br)cc1F. The Bertz CT molecular complexity index is 643. The van der Waals surface area contributed by atoms with E-state index in [0.717, 1.165) is 6.07 Å². The van der Waals surface area contributed by atoms with E-state index in [4.69, 9.17) is 5.73 Å². The fourth-order valence-corrected chi connectivity index (χ4v) is 2.04.